The van der Waals surface area contributed by atoms with Crippen LogP contribution in [0.15, 0.2) is 48.6 Å². The van der Waals surface area contributed by atoms with E-state index in [9.17, 15) is 30.3 Å². The van der Waals surface area contributed by atoms with E-state index in [2.05, 4.69) is 55.6 Å². The van der Waals surface area contributed by atoms with Crippen molar-refractivity contribution in [2.24, 2.45) is 0 Å². The van der Waals surface area contributed by atoms with Crippen molar-refractivity contribution in [1.29, 1.82) is 0 Å². The Bertz CT molecular complexity index is 1190. The molecule has 0 aromatic carbocycles. The van der Waals surface area contributed by atoms with Crippen molar-refractivity contribution < 1.29 is 39.8 Å². The van der Waals surface area contributed by atoms with E-state index in [4.69, 9.17) is 9.47 Å². The summed E-state index contributed by atoms with van der Waals surface area (Å²) in [4.78, 5) is 13.0. The van der Waals surface area contributed by atoms with Crippen molar-refractivity contribution in [3.8, 4) is 0 Å². The van der Waals surface area contributed by atoms with E-state index in [0.717, 1.165) is 44.9 Å². The highest BCUT2D eigenvalue weighted by Crippen LogP contribution is 2.23. The summed E-state index contributed by atoms with van der Waals surface area (Å²) in [5, 5.41) is 54.5. The van der Waals surface area contributed by atoms with Crippen LogP contribution in [0.1, 0.15) is 258 Å². The van der Waals surface area contributed by atoms with Crippen LogP contribution in [0, 0.1) is 0 Å². The molecular formula is C58H107NO8. The zero-order chi connectivity index (χ0) is 48.7. The Hall–Kier alpha value is -1.85. The molecule has 1 aliphatic heterocycles. The Balaban J connectivity index is 2.27. The average molecular weight is 946 g/mol. The molecule has 0 bridgehead atoms. The molecule has 7 atom stereocenters. The first-order valence-electron chi connectivity index (χ1n) is 28.4. The molecule has 1 saturated heterocycles. The van der Waals surface area contributed by atoms with Gasteiger partial charge in [-0.2, -0.15) is 0 Å². The molecule has 67 heavy (non-hydrogen) atoms. The molecule has 392 valence electrons. The van der Waals surface area contributed by atoms with E-state index in [1.165, 1.54) is 193 Å². The minimum absolute atomic E-state index is 0.188. The highest BCUT2D eigenvalue weighted by molar-refractivity contribution is 5.76. The van der Waals surface area contributed by atoms with E-state index in [1.807, 2.05) is 6.08 Å². The summed E-state index contributed by atoms with van der Waals surface area (Å²) < 4.78 is 11.3. The van der Waals surface area contributed by atoms with Gasteiger partial charge in [0.1, 0.15) is 24.4 Å². The number of hydrogen-bond donors (Lipinski definition) is 6. The summed E-state index contributed by atoms with van der Waals surface area (Å²) in [7, 11) is 0. The van der Waals surface area contributed by atoms with Crippen LogP contribution >= 0.6 is 0 Å². The molecule has 1 fully saturated rings. The van der Waals surface area contributed by atoms with Gasteiger partial charge in [-0.3, -0.25) is 4.79 Å². The number of unbranched alkanes of at least 4 members (excludes halogenated alkanes) is 32. The van der Waals surface area contributed by atoms with Crippen molar-refractivity contribution in [2.45, 2.75) is 301 Å². The lowest BCUT2D eigenvalue weighted by molar-refractivity contribution is -0.302. The minimum Gasteiger partial charge on any atom is -0.394 e. The highest BCUT2D eigenvalue weighted by Gasteiger charge is 2.44. The van der Waals surface area contributed by atoms with E-state index in [0.29, 0.717) is 6.42 Å². The van der Waals surface area contributed by atoms with E-state index < -0.39 is 49.5 Å². The van der Waals surface area contributed by atoms with Crippen LogP contribution in [0.3, 0.4) is 0 Å². The maximum absolute atomic E-state index is 13.0. The zero-order valence-electron chi connectivity index (χ0n) is 43.4. The normalized spacial score (nSPS) is 20.0. The first-order valence-corrected chi connectivity index (χ1v) is 28.4. The molecule has 9 nitrogen and oxygen atoms in total. The summed E-state index contributed by atoms with van der Waals surface area (Å²) >= 11 is 0. The molecule has 1 heterocycles. The van der Waals surface area contributed by atoms with Gasteiger partial charge in [0.25, 0.3) is 0 Å². The zero-order valence-corrected chi connectivity index (χ0v) is 43.4. The number of nitrogens with one attached hydrogen (secondary N) is 1. The molecule has 1 rings (SSSR count). The monoisotopic (exact) mass is 946 g/mol. The van der Waals surface area contributed by atoms with Crippen LogP contribution in [0.4, 0.5) is 0 Å². The second-order valence-corrected chi connectivity index (χ2v) is 19.7. The van der Waals surface area contributed by atoms with Gasteiger partial charge < -0.3 is 40.3 Å². The first-order chi connectivity index (χ1) is 32.8. The molecule has 0 aliphatic carbocycles. The Kier molecular flexibility index (Phi) is 45.1. The molecule has 0 aromatic rings. The largest absolute Gasteiger partial charge is 0.394 e. The second-order valence-electron chi connectivity index (χ2n) is 19.7. The maximum Gasteiger partial charge on any atom is 0.220 e. The standard InChI is InChI=1S/C58H107NO8/c1-3-5-7-9-11-13-15-17-19-21-23-25-26-28-30-32-34-36-38-40-42-44-46-48-54(62)59-51(50-66-58-57(65)56(64)55(63)53(49-60)67-58)52(61)47-45-43-41-39-37-35-33-31-29-27-24-22-20-18-16-14-12-10-8-6-4-2/h15,17,21,23,37,39,45,47,51-53,55-58,60-61,63-65H,3-14,16,18-20,22,24-36,38,40-44,46,48-50H2,1-2H3,(H,59,62)/b17-15-,23-21-,39-37+,47-45+. The van der Waals surface area contributed by atoms with Gasteiger partial charge in [-0.25, -0.2) is 0 Å². The third-order valence-electron chi connectivity index (χ3n) is 13.4. The summed E-state index contributed by atoms with van der Waals surface area (Å²) in [5.74, 6) is -0.188. The molecule has 7 unspecified atom stereocenters. The Morgan fingerprint density at radius 3 is 1.34 bits per heavy atom. The van der Waals surface area contributed by atoms with Crippen LogP contribution in [0.25, 0.3) is 0 Å². The lowest BCUT2D eigenvalue weighted by Crippen LogP contribution is -2.60. The van der Waals surface area contributed by atoms with Crippen LogP contribution in [-0.2, 0) is 14.3 Å². The Morgan fingerprint density at radius 1 is 0.507 bits per heavy atom. The van der Waals surface area contributed by atoms with Gasteiger partial charge in [0.05, 0.1) is 25.4 Å². The number of aliphatic hydroxyl groups is 5. The number of amides is 1. The number of carbonyl (C=O) groups excluding carboxylic acids is 1. The van der Waals surface area contributed by atoms with Crippen molar-refractivity contribution in [3.05, 3.63) is 48.6 Å². The minimum atomic E-state index is -1.57. The topological polar surface area (TPSA) is 149 Å². The van der Waals surface area contributed by atoms with E-state index >= 15 is 0 Å². The van der Waals surface area contributed by atoms with Crippen molar-refractivity contribution in [1.82, 2.24) is 5.32 Å². The molecule has 9 heteroatoms. The molecule has 0 spiro atoms. The van der Waals surface area contributed by atoms with E-state index in [-0.39, 0.29) is 12.5 Å². The highest BCUT2D eigenvalue weighted by atomic mass is 16.7. The lowest BCUT2D eigenvalue weighted by Gasteiger charge is -2.40. The second kappa shape index (κ2) is 47.8. The smallest absolute Gasteiger partial charge is 0.220 e. The third kappa shape index (κ3) is 37.6. The predicted molar refractivity (Wildman–Crippen MR) is 281 cm³/mol. The molecule has 0 saturated carbocycles. The van der Waals surface area contributed by atoms with Gasteiger partial charge in [-0.1, -0.05) is 236 Å². The first kappa shape index (κ1) is 63.2. The third-order valence-corrected chi connectivity index (χ3v) is 13.4. The van der Waals surface area contributed by atoms with Crippen molar-refractivity contribution >= 4 is 5.91 Å². The van der Waals surface area contributed by atoms with Gasteiger partial charge in [0.15, 0.2) is 6.29 Å². The SMILES string of the molecule is CCCCCCC/C=C\C/C=C\CCCCCCCCCCCCCC(=O)NC(COC1OC(CO)C(O)C(O)C1O)C(O)/C=C/CC/C=C/CCCCCCCCCCCCCCCCC. The number of ether oxygens (including phenoxy) is 2. The van der Waals surface area contributed by atoms with Crippen LogP contribution in [0.5, 0.6) is 0 Å². The number of hydrogen-bond acceptors (Lipinski definition) is 8. The van der Waals surface area contributed by atoms with Gasteiger partial charge in [0, 0.05) is 6.42 Å². The quantitative estimate of drug-likeness (QED) is 0.0261. The molecule has 0 radical (unpaired) electrons. The van der Waals surface area contributed by atoms with Gasteiger partial charge in [0.2, 0.25) is 5.91 Å². The molecule has 0 aromatic heterocycles. The number of aliphatic hydroxyl groups excluding tert-OH is 5. The molecular weight excluding hydrogens is 839 g/mol. The molecule has 1 aliphatic rings. The fraction of sp³-hybridized carbons (Fsp3) is 0.845. The summed E-state index contributed by atoms with van der Waals surface area (Å²) in [6.45, 7) is 3.77. The van der Waals surface area contributed by atoms with Gasteiger partial charge >= 0.3 is 0 Å². The summed E-state index contributed by atoms with van der Waals surface area (Å²) in [5.41, 5.74) is 0. The van der Waals surface area contributed by atoms with Crippen LogP contribution < -0.4 is 5.32 Å². The fourth-order valence-corrected chi connectivity index (χ4v) is 8.85. The lowest BCUT2D eigenvalue weighted by atomic mass is 9.99. The summed E-state index contributed by atoms with van der Waals surface area (Å²) in [6.07, 6.45) is 56.0. The molecule has 6 N–H and O–H groups in total. The average Bonchev–Trinajstić information content (AvgIpc) is 3.33. The van der Waals surface area contributed by atoms with Crippen LogP contribution in [-0.4, -0.2) is 87.5 Å². The van der Waals surface area contributed by atoms with Gasteiger partial charge in [-0.05, 0) is 64.2 Å². The molecule has 1 amide bonds. The Labute approximate surface area is 412 Å². The van der Waals surface area contributed by atoms with Crippen LogP contribution in [0.2, 0.25) is 0 Å². The van der Waals surface area contributed by atoms with Crippen molar-refractivity contribution in [3.63, 3.8) is 0 Å². The van der Waals surface area contributed by atoms with Gasteiger partial charge in [-0.15, -0.1) is 0 Å². The number of allylic oxidation sites excluding steroid dienone is 7. The van der Waals surface area contributed by atoms with Crippen molar-refractivity contribution in [2.75, 3.05) is 13.2 Å². The fourth-order valence-electron chi connectivity index (χ4n) is 8.85. The Morgan fingerprint density at radius 2 is 0.896 bits per heavy atom. The predicted octanol–water partition coefficient (Wildman–Crippen LogP) is 13.7. The number of rotatable bonds is 48. The van der Waals surface area contributed by atoms with E-state index in [1.54, 1.807) is 6.08 Å². The maximum atomic E-state index is 13.0. The summed E-state index contributed by atoms with van der Waals surface area (Å²) in [6, 6.07) is -0.824. The number of carbonyl (C=O) groups is 1.